The van der Waals surface area contributed by atoms with Crippen LogP contribution in [-0.2, 0) is 17.8 Å². The number of thioether (sulfide) groups is 1. The molecule has 0 aliphatic rings. The maximum absolute atomic E-state index is 12.0. The van der Waals surface area contributed by atoms with Crippen molar-refractivity contribution >= 4 is 17.7 Å². The van der Waals surface area contributed by atoms with Crippen LogP contribution in [0.2, 0.25) is 0 Å². The Morgan fingerprint density at radius 2 is 1.96 bits per heavy atom. The van der Waals surface area contributed by atoms with Gasteiger partial charge in [-0.1, -0.05) is 12.1 Å². The molecule has 122 valence electrons. The summed E-state index contributed by atoms with van der Waals surface area (Å²) in [6.07, 6.45) is 2.98. The molecule has 0 radical (unpaired) electrons. The van der Waals surface area contributed by atoms with Crippen LogP contribution in [0.3, 0.4) is 0 Å². The fourth-order valence-electron chi connectivity index (χ4n) is 2.39. The lowest BCUT2D eigenvalue weighted by molar-refractivity contribution is -0.121. The van der Waals surface area contributed by atoms with E-state index >= 15 is 0 Å². The van der Waals surface area contributed by atoms with Crippen molar-refractivity contribution in [3.63, 3.8) is 0 Å². The van der Waals surface area contributed by atoms with Crippen molar-refractivity contribution in [2.24, 2.45) is 0 Å². The van der Waals surface area contributed by atoms with Gasteiger partial charge in [-0.3, -0.25) is 4.79 Å². The van der Waals surface area contributed by atoms with Crippen LogP contribution in [0, 0.1) is 13.8 Å². The van der Waals surface area contributed by atoms with E-state index in [-0.39, 0.29) is 11.6 Å². The van der Waals surface area contributed by atoms with Gasteiger partial charge in [0.25, 0.3) is 0 Å². The Morgan fingerprint density at radius 1 is 1.26 bits per heavy atom. The molecule has 0 saturated heterocycles. The molecule has 0 saturated carbocycles. The first-order valence-electron chi connectivity index (χ1n) is 7.45. The van der Waals surface area contributed by atoms with Crippen LogP contribution in [0.25, 0.3) is 0 Å². The van der Waals surface area contributed by atoms with Gasteiger partial charge < -0.3 is 10.3 Å². The highest BCUT2D eigenvalue weighted by Crippen LogP contribution is 2.15. The van der Waals surface area contributed by atoms with Gasteiger partial charge in [0.05, 0.1) is 0 Å². The van der Waals surface area contributed by atoms with Gasteiger partial charge in [0.2, 0.25) is 5.91 Å². The number of amides is 1. The monoisotopic (exact) mass is 331 g/mol. The zero-order valence-electron chi connectivity index (χ0n) is 13.6. The van der Waals surface area contributed by atoms with Crippen LogP contribution >= 0.6 is 11.8 Å². The molecule has 23 heavy (non-hydrogen) atoms. The summed E-state index contributed by atoms with van der Waals surface area (Å²) in [5.74, 6) is -0.0102. The Kier molecular flexibility index (Phi) is 5.98. The normalized spacial score (nSPS) is 10.6. The topological polar surface area (TPSA) is 74.8 Å². The van der Waals surface area contributed by atoms with E-state index in [1.54, 1.807) is 18.7 Å². The van der Waals surface area contributed by atoms with E-state index < -0.39 is 0 Å². The molecule has 0 aliphatic heterocycles. The van der Waals surface area contributed by atoms with Gasteiger partial charge in [-0.15, -0.1) is 11.8 Å². The molecule has 6 heteroatoms. The molecule has 2 N–H and O–H groups in total. The lowest BCUT2D eigenvalue weighted by atomic mass is 10.1. The number of carbonyl (C=O) groups is 1. The summed E-state index contributed by atoms with van der Waals surface area (Å²) < 4.78 is 0. The van der Waals surface area contributed by atoms with Gasteiger partial charge in [0.1, 0.15) is 0 Å². The number of hydrogen-bond donors (Lipinski definition) is 2. The third kappa shape index (κ3) is 4.96. The average molecular weight is 331 g/mol. The minimum Gasteiger partial charge on any atom is -0.352 e. The molecule has 0 bridgehead atoms. The van der Waals surface area contributed by atoms with Crippen LogP contribution in [0.5, 0.6) is 0 Å². The van der Waals surface area contributed by atoms with Crippen molar-refractivity contribution in [2.75, 3.05) is 6.26 Å². The zero-order valence-corrected chi connectivity index (χ0v) is 14.4. The first kappa shape index (κ1) is 17.3. The minimum absolute atomic E-state index is 0.0102. The Morgan fingerprint density at radius 3 is 2.57 bits per heavy atom. The molecule has 0 atom stereocenters. The number of aromatic amines is 1. The van der Waals surface area contributed by atoms with Crippen LogP contribution in [0.1, 0.15) is 28.9 Å². The minimum atomic E-state index is -0.345. The van der Waals surface area contributed by atoms with E-state index in [0.29, 0.717) is 25.1 Å². The molecule has 2 rings (SSSR count). The number of aromatic nitrogens is 2. The second kappa shape index (κ2) is 7.97. The number of nitrogens with one attached hydrogen (secondary N) is 2. The molecule has 1 heterocycles. The summed E-state index contributed by atoms with van der Waals surface area (Å²) in [6.45, 7) is 4.15. The van der Waals surface area contributed by atoms with Crippen molar-refractivity contribution in [3.8, 4) is 0 Å². The molecule has 0 aliphatic carbocycles. The average Bonchev–Trinajstić information content (AvgIpc) is 2.52. The predicted molar refractivity (Wildman–Crippen MR) is 92.7 cm³/mol. The molecular weight excluding hydrogens is 310 g/mol. The van der Waals surface area contributed by atoms with E-state index in [9.17, 15) is 9.59 Å². The summed E-state index contributed by atoms with van der Waals surface area (Å²) in [4.78, 5) is 31.0. The van der Waals surface area contributed by atoms with Crippen molar-refractivity contribution in [3.05, 3.63) is 57.3 Å². The van der Waals surface area contributed by atoms with Crippen LogP contribution < -0.4 is 11.0 Å². The van der Waals surface area contributed by atoms with Crippen molar-refractivity contribution < 1.29 is 4.79 Å². The Hall–Kier alpha value is -2.08. The van der Waals surface area contributed by atoms with Crippen molar-refractivity contribution in [1.82, 2.24) is 15.3 Å². The Balaban J connectivity index is 1.86. The van der Waals surface area contributed by atoms with Crippen LogP contribution in [0.15, 0.2) is 34.0 Å². The molecule has 1 amide bonds. The SMILES string of the molecule is CSc1ccc(CNC(=O)CCc2c(C)nc(=O)[nH]c2C)cc1. The number of carbonyl (C=O) groups excluding carboxylic acids is 1. The highest BCUT2D eigenvalue weighted by atomic mass is 32.2. The Labute approximate surface area is 139 Å². The number of aryl methyl sites for hydroxylation is 2. The summed E-state index contributed by atoms with van der Waals surface area (Å²) in [5.41, 5.74) is 3.13. The van der Waals surface area contributed by atoms with E-state index in [2.05, 4.69) is 15.3 Å². The van der Waals surface area contributed by atoms with Crippen molar-refractivity contribution in [1.29, 1.82) is 0 Å². The number of nitrogens with zero attached hydrogens (tertiary/aromatic N) is 1. The molecule has 1 aromatic carbocycles. The highest BCUT2D eigenvalue weighted by molar-refractivity contribution is 7.98. The lowest BCUT2D eigenvalue weighted by Crippen LogP contribution is -2.24. The third-order valence-electron chi connectivity index (χ3n) is 3.70. The molecule has 1 aromatic heterocycles. The third-order valence-corrected chi connectivity index (χ3v) is 4.45. The highest BCUT2D eigenvalue weighted by Gasteiger charge is 2.09. The predicted octanol–water partition coefficient (Wildman–Crippen LogP) is 2.36. The van der Waals surface area contributed by atoms with E-state index in [1.807, 2.05) is 37.4 Å². The number of hydrogen-bond acceptors (Lipinski definition) is 4. The standard InChI is InChI=1S/C17H21N3O2S/c1-11-15(12(2)20-17(22)19-11)8-9-16(21)18-10-13-4-6-14(23-3)7-5-13/h4-7H,8-10H2,1-3H3,(H,18,21)(H,19,20,22). The second-order valence-corrected chi connectivity index (χ2v) is 6.24. The first-order valence-corrected chi connectivity index (χ1v) is 8.68. The lowest BCUT2D eigenvalue weighted by Gasteiger charge is -2.09. The maximum atomic E-state index is 12.0. The van der Waals surface area contributed by atoms with Crippen molar-refractivity contribution in [2.45, 2.75) is 38.1 Å². The van der Waals surface area contributed by atoms with Crippen LogP contribution in [0.4, 0.5) is 0 Å². The van der Waals surface area contributed by atoms with Crippen LogP contribution in [-0.4, -0.2) is 22.1 Å². The van der Waals surface area contributed by atoms with Gasteiger partial charge in [-0.25, -0.2) is 4.79 Å². The fraction of sp³-hybridized carbons (Fsp3) is 0.353. The largest absolute Gasteiger partial charge is 0.352 e. The first-order chi connectivity index (χ1) is 11.0. The molecule has 0 fully saturated rings. The smallest absolute Gasteiger partial charge is 0.345 e. The number of rotatable bonds is 6. The molecular formula is C17H21N3O2S. The zero-order chi connectivity index (χ0) is 16.8. The maximum Gasteiger partial charge on any atom is 0.345 e. The van der Waals surface area contributed by atoms with E-state index in [1.165, 1.54) is 4.90 Å². The molecule has 2 aromatic rings. The fourth-order valence-corrected chi connectivity index (χ4v) is 2.80. The van der Waals surface area contributed by atoms with E-state index in [4.69, 9.17) is 0 Å². The van der Waals surface area contributed by atoms with Gasteiger partial charge >= 0.3 is 5.69 Å². The summed E-state index contributed by atoms with van der Waals surface area (Å²) in [5, 5.41) is 2.92. The molecule has 0 spiro atoms. The number of benzene rings is 1. The second-order valence-electron chi connectivity index (χ2n) is 5.36. The Bertz CT molecular complexity index is 712. The summed E-state index contributed by atoms with van der Waals surface area (Å²) in [7, 11) is 0. The summed E-state index contributed by atoms with van der Waals surface area (Å²) in [6, 6.07) is 8.13. The van der Waals surface area contributed by atoms with Gasteiger partial charge in [-0.05, 0) is 49.8 Å². The summed E-state index contributed by atoms with van der Waals surface area (Å²) >= 11 is 1.69. The molecule has 5 nitrogen and oxygen atoms in total. The number of H-pyrrole nitrogens is 1. The van der Waals surface area contributed by atoms with E-state index in [0.717, 1.165) is 16.8 Å². The van der Waals surface area contributed by atoms with Gasteiger partial charge in [-0.2, -0.15) is 4.98 Å². The van der Waals surface area contributed by atoms with Gasteiger partial charge in [0.15, 0.2) is 0 Å². The molecule has 0 unspecified atom stereocenters. The van der Waals surface area contributed by atoms with Gasteiger partial charge in [0, 0.05) is 29.2 Å². The quantitative estimate of drug-likeness (QED) is 0.797.